The van der Waals surface area contributed by atoms with E-state index in [-0.39, 0.29) is 55.4 Å². The smallest absolute Gasteiger partial charge is 0.264 e. The van der Waals surface area contributed by atoms with E-state index in [0.717, 1.165) is 86.1 Å². The summed E-state index contributed by atoms with van der Waals surface area (Å²) in [6.07, 6.45) is 9.76. The number of fused-ring (bicyclic) bond motifs is 1. The number of anilines is 4. The second-order valence-electron chi connectivity index (χ2n) is 19.7. The number of pyridine rings is 1. The molecule has 3 aromatic carbocycles. The van der Waals surface area contributed by atoms with Gasteiger partial charge in [0.2, 0.25) is 23.7 Å². The lowest BCUT2D eigenvalue weighted by Crippen LogP contribution is -2.54. The maximum absolute atomic E-state index is 13.2. The Labute approximate surface area is 471 Å². The number of amides is 6. The lowest BCUT2D eigenvalue weighted by Gasteiger charge is -2.34. The third-order valence-corrected chi connectivity index (χ3v) is 13.8. The SMILES string of the molecule is Cc1ccc(NC(=O)c2ccc(CN3CCN(CCCCCCOCCOCCOCCOCCOCCOCC(=O)Nc4cccc5c4C(=O)N(C4CCC(=O)NC4=O)C5=O)CC3)cc2)cc1Nc1nccc(-c2cccnc2)n1. The van der Waals surface area contributed by atoms with Crippen molar-refractivity contribution in [3.63, 3.8) is 0 Å². The molecular formula is C59H72N10O12. The van der Waals surface area contributed by atoms with Gasteiger partial charge in [0.1, 0.15) is 12.6 Å². The molecule has 1 unspecified atom stereocenters. The summed E-state index contributed by atoms with van der Waals surface area (Å²) < 4.78 is 33.4. The first-order chi connectivity index (χ1) is 39.6. The number of benzene rings is 3. The minimum absolute atomic E-state index is 0.00682. The summed E-state index contributed by atoms with van der Waals surface area (Å²) >= 11 is 0. The van der Waals surface area contributed by atoms with Crippen molar-refractivity contribution in [2.45, 2.75) is 58.0 Å². The maximum Gasteiger partial charge on any atom is 0.264 e. The van der Waals surface area contributed by atoms with E-state index in [1.807, 2.05) is 67.6 Å². The van der Waals surface area contributed by atoms with Crippen LogP contribution < -0.4 is 21.3 Å². The number of imide groups is 2. The first-order valence-electron chi connectivity index (χ1n) is 27.7. The van der Waals surface area contributed by atoms with Crippen LogP contribution in [0.3, 0.4) is 0 Å². The zero-order chi connectivity index (χ0) is 56.6. The number of aryl methyl sites for hydroxylation is 1. The second kappa shape index (κ2) is 31.6. The number of hydrogen-bond acceptors (Lipinski definition) is 18. The number of nitrogens with one attached hydrogen (secondary N) is 4. The van der Waals surface area contributed by atoms with Crippen LogP contribution in [0.15, 0.2) is 97.5 Å². The van der Waals surface area contributed by atoms with E-state index >= 15 is 0 Å². The van der Waals surface area contributed by atoms with Crippen LogP contribution in [0.2, 0.25) is 0 Å². The lowest BCUT2D eigenvalue weighted by atomic mass is 10.0. The highest BCUT2D eigenvalue weighted by molar-refractivity contribution is 6.26. The van der Waals surface area contributed by atoms with E-state index in [0.29, 0.717) is 70.1 Å². The molecule has 8 rings (SSSR count). The summed E-state index contributed by atoms with van der Waals surface area (Å²) in [5.74, 6) is -2.80. The average Bonchev–Trinajstić information content (AvgIpc) is 3.60. The van der Waals surface area contributed by atoms with Gasteiger partial charge in [-0.3, -0.25) is 48.9 Å². The molecule has 5 heterocycles. The molecule has 3 aliphatic rings. The maximum atomic E-state index is 13.2. The zero-order valence-electron chi connectivity index (χ0n) is 45.9. The minimum atomic E-state index is -1.11. The van der Waals surface area contributed by atoms with Crippen LogP contribution in [0.25, 0.3) is 11.3 Å². The van der Waals surface area contributed by atoms with Crippen LogP contribution in [0, 0.1) is 6.92 Å². The number of carbonyl (C=O) groups excluding carboxylic acids is 6. The summed E-state index contributed by atoms with van der Waals surface area (Å²) in [5, 5.41) is 11.1. The number of unbranched alkanes of at least 4 members (excludes halogenated alkanes) is 3. The van der Waals surface area contributed by atoms with Crippen LogP contribution in [-0.4, -0.2) is 183 Å². The third-order valence-electron chi connectivity index (χ3n) is 13.8. The Morgan fingerprint density at radius 2 is 1.35 bits per heavy atom. The molecule has 2 saturated heterocycles. The van der Waals surface area contributed by atoms with Gasteiger partial charge in [0.15, 0.2) is 0 Å². The van der Waals surface area contributed by atoms with Gasteiger partial charge in [-0.15, -0.1) is 0 Å². The molecule has 81 heavy (non-hydrogen) atoms. The van der Waals surface area contributed by atoms with Crippen molar-refractivity contribution in [1.29, 1.82) is 0 Å². The third kappa shape index (κ3) is 18.3. The highest BCUT2D eigenvalue weighted by atomic mass is 16.6. The lowest BCUT2D eigenvalue weighted by molar-refractivity contribution is -0.136. The zero-order valence-corrected chi connectivity index (χ0v) is 45.9. The van der Waals surface area contributed by atoms with Crippen LogP contribution in [0.5, 0.6) is 0 Å². The molecule has 430 valence electrons. The van der Waals surface area contributed by atoms with Crippen molar-refractivity contribution in [3.8, 4) is 11.3 Å². The molecule has 6 amide bonds. The molecule has 5 aromatic rings. The molecular weight excluding hydrogens is 1040 g/mol. The Morgan fingerprint density at radius 1 is 0.667 bits per heavy atom. The fourth-order valence-corrected chi connectivity index (χ4v) is 9.41. The number of ether oxygens (including phenoxy) is 6. The highest BCUT2D eigenvalue weighted by Gasteiger charge is 2.45. The monoisotopic (exact) mass is 1110 g/mol. The second-order valence-corrected chi connectivity index (χ2v) is 19.7. The number of rotatable bonds is 33. The van der Waals surface area contributed by atoms with E-state index in [4.69, 9.17) is 28.4 Å². The van der Waals surface area contributed by atoms with Crippen LogP contribution >= 0.6 is 0 Å². The molecule has 22 nitrogen and oxygen atoms in total. The van der Waals surface area contributed by atoms with E-state index in [2.05, 4.69) is 46.0 Å². The minimum Gasteiger partial charge on any atom is -0.379 e. The van der Waals surface area contributed by atoms with Gasteiger partial charge >= 0.3 is 0 Å². The van der Waals surface area contributed by atoms with E-state index < -0.39 is 35.6 Å². The van der Waals surface area contributed by atoms with E-state index in [1.165, 1.54) is 36.6 Å². The number of hydrogen-bond donors (Lipinski definition) is 4. The molecule has 4 N–H and O–H groups in total. The highest BCUT2D eigenvalue weighted by Crippen LogP contribution is 2.33. The summed E-state index contributed by atoms with van der Waals surface area (Å²) in [7, 11) is 0. The quantitative estimate of drug-likeness (QED) is 0.0292. The van der Waals surface area contributed by atoms with E-state index in [1.54, 1.807) is 18.6 Å². The molecule has 3 aliphatic heterocycles. The fourth-order valence-electron chi connectivity index (χ4n) is 9.41. The van der Waals surface area contributed by atoms with Crippen molar-refractivity contribution in [2.75, 3.05) is 128 Å². The van der Waals surface area contributed by atoms with Gasteiger partial charge in [-0.05, 0) is 98.5 Å². The number of piperazine rings is 1. The van der Waals surface area contributed by atoms with Gasteiger partial charge in [-0.2, -0.15) is 0 Å². The van der Waals surface area contributed by atoms with Crippen molar-refractivity contribution in [3.05, 3.63) is 125 Å². The van der Waals surface area contributed by atoms with Crippen molar-refractivity contribution < 1.29 is 57.2 Å². The summed E-state index contributed by atoms with van der Waals surface area (Å²) in [5.41, 5.74) is 6.09. The topological polar surface area (TPSA) is 254 Å². The number of aromatic nitrogens is 3. The molecule has 2 fully saturated rings. The van der Waals surface area contributed by atoms with Crippen molar-refractivity contribution in [2.24, 2.45) is 0 Å². The normalized spacial score (nSPS) is 15.7. The standard InChI is InChI=1S/C59H72N10O12/c1-42-11-16-46(38-50(42)65-59-61-21-19-48(64-59)45-8-7-20-60-39-45)62-55(72)44-14-12-43(13-15-44)40-68-25-23-67(24-26-68)22-4-2-3-5-27-76-28-29-77-30-31-78-32-33-79-34-35-80-36-37-81-41-53(71)63-49-10-6-9-47-54(49)58(75)69(57(47)74)51-17-18-52(70)66-56(51)73/h6-16,19-21,38-39,51H,2-5,17-18,22-37,40-41H2,1H3,(H,62,72)(H,63,71)(H,61,64,65)(H,66,70,73). The van der Waals surface area contributed by atoms with E-state index in [9.17, 15) is 28.8 Å². The molecule has 22 heteroatoms. The van der Waals surface area contributed by atoms with Crippen LogP contribution in [0.4, 0.5) is 23.0 Å². The van der Waals surface area contributed by atoms with Gasteiger partial charge in [-0.1, -0.05) is 37.1 Å². The average molecular weight is 1110 g/mol. The molecule has 0 saturated carbocycles. The molecule has 1 atom stereocenters. The Morgan fingerprint density at radius 3 is 2.04 bits per heavy atom. The molecule has 0 spiro atoms. The molecule has 2 aromatic heterocycles. The van der Waals surface area contributed by atoms with Crippen LogP contribution in [0.1, 0.15) is 80.7 Å². The van der Waals surface area contributed by atoms with Crippen LogP contribution in [-0.2, 0) is 49.3 Å². The summed E-state index contributed by atoms with van der Waals surface area (Å²) in [6.45, 7) is 12.4. The number of piperidine rings is 1. The largest absolute Gasteiger partial charge is 0.379 e. The number of carbonyl (C=O) groups is 6. The Hall–Kier alpha value is -7.41. The van der Waals surface area contributed by atoms with Crippen molar-refractivity contribution >= 4 is 58.5 Å². The summed E-state index contributed by atoms with van der Waals surface area (Å²) in [6, 6.07) is 22.6. The van der Waals surface area contributed by atoms with Gasteiger partial charge in [-0.25, -0.2) is 9.97 Å². The fraction of sp³-hybridized carbons (Fsp3) is 0.441. The molecule has 0 bridgehead atoms. The molecule has 0 radical (unpaired) electrons. The van der Waals surface area contributed by atoms with Gasteiger partial charge in [0, 0.05) is 86.8 Å². The van der Waals surface area contributed by atoms with Gasteiger partial charge in [0.25, 0.3) is 17.7 Å². The Kier molecular flexibility index (Phi) is 23.3. The van der Waals surface area contributed by atoms with Gasteiger partial charge in [0.05, 0.1) is 88.6 Å². The van der Waals surface area contributed by atoms with Crippen molar-refractivity contribution in [1.82, 2.24) is 35.0 Å². The summed E-state index contributed by atoms with van der Waals surface area (Å²) in [4.78, 5) is 95.1. The Bertz CT molecular complexity index is 2890. The Balaban J connectivity index is 0.561. The molecule has 0 aliphatic carbocycles. The predicted octanol–water partition coefficient (Wildman–Crippen LogP) is 5.66. The number of nitrogens with zero attached hydrogens (tertiary/aromatic N) is 6. The first kappa shape index (κ1) is 59.7. The first-order valence-corrected chi connectivity index (χ1v) is 27.7. The van der Waals surface area contributed by atoms with Gasteiger partial charge < -0.3 is 49.3 Å². The predicted molar refractivity (Wildman–Crippen MR) is 301 cm³/mol.